The zero-order valence-electron chi connectivity index (χ0n) is 9.16. The maximum Gasteiger partial charge on any atom is 0.0952 e. The fourth-order valence-electron chi connectivity index (χ4n) is 1.17. The van der Waals surface area contributed by atoms with E-state index in [-0.39, 0.29) is 0 Å². The quantitative estimate of drug-likeness (QED) is 0.554. The van der Waals surface area contributed by atoms with E-state index in [0.717, 1.165) is 18.4 Å². The van der Waals surface area contributed by atoms with Crippen molar-refractivity contribution in [1.82, 2.24) is 0 Å². The Bertz CT molecular complexity index is 371. The SMILES string of the molecule is CCCC(C#N)=CSc1ccc(C)cc1. The van der Waals surface area contributed by atoms with Crippen molar-refractivity contribution in [2.45, 2.75) is 31.6 Å². The molecule has 15 heavy (non-hydrogen) atoms. The zero-order chi connectivity index (χ0) is 11.1. The number of nitrogens with zero attached hydrogens (tertiary/aromatic N) is 1. The number of benzene rings is 1. The van der Waals surface area contributed by atoms with Gasteiger partial charge in [-0.3, -0.25) is 0 Å². The van der Waals surface area contributed by atoms with Crippen molar-refractivity contribution in [3.05, 3.63) is 40.8 Å². The molecule has 0 bridgehead atoms. The van der Waals surface area contributed by atoms with Crippen LogP contribution in [0.25, 0.3) is 0 Å². The molecule has 0 saturated carbocycles. The summed E-state index contributed by atoms with van der Waals surface area (Å²) < 4.78 is 0. The Hall–Kier alpha value is -1.20. The molecule has 0 saturated heterocycles. The lowest BCUT2D eigenvalue weighted by Gasteiger charge is -1.98. The number of nitriles is 1. The van der Waals surface area contributed by atoms with Crippen LogP contribution in [-0.2, 0) is 0 Å². The molecule has 0 heterocycles. The van der Waals surface area contributed by atoms with Crippen molar-refractivity contribution >= 4 is 11.8 Å². The van der Waals surface area contributed by atoms with Crippen LogP contribution in [0, 0.1) is 18.3 Å². The van der Waals surface area contributed by atoms with Crippen LogP contribution in [0.2, 0.25) is 0 Å². The molecule has 1 nitrogen and oxygen atoms in total. The molecule has 0 aromatic heterocycles. The number of thioether (sulfide) groups is 1. The Morgan fingerprint density at radius 1 is 1.40 bits per heavy atom. The minimum atomic E-state index is 0.864. The van der Waals surface area contributed by atoms with Crippen molar-refractivity contribution in [3.63, 3.8) is 0 Å². The number of aryl methyl sites for hydroxylation is 1. The predicted octanol–water partition coefficient (Wildman–Crippen LogP) is 4.29. The number of allylic oxidation sites excluding steroid dienone is 1. The molecule has 0 fully saturated rings. The van der Waals surface area contributed by atoms with Gasteiger partial charge in [0.2, 0.25) is 0 Å². The summed E-state index contributed by atoms with van der Waals surface area (Å²) >= 11 is 1.62. The average molecular weight is 217 g/mol. The minimum absolute atomic E-state index is 0.864. The van der Waals surface area contributed by atoms with Gasteiger partial charge < -0.3 is 0 Å². The molecular weight excluding hydrogens is 202 g/mol. The maximum atomic E-state index is 8.85. The summed E-state index contributed by atoms with van der Waals surface area (Å²) in [6.45, 7) is 4.16. The molecule has 1 rings (SSSR count). The van der Waals surface area contributed by atoms with Crippen molar-refractivity contribution in [3.8, 4) is 6.07 Å². The van der Waals surface area contributed by atoms with Gasteiger partial charge in [0.15, 0.2) is 0 Å². The second kappa shape index (κ2) is 6.31. The van der Waals surface area contributed by atoms with Gasteiger partial charge >= 0.3 is 0 Å². The highest BCUT2D eigenvalue weighted by atomic mass is 32.2. The van der Waals surface area contributed by atoms with Gasteiger partial charge in [0.05, 0.1) is 6.07 Å². The molecule has 0 aliphatic carbocycles. The molecule has 0 N–H and O–H groups in total. The lowest BCUT2D eigenvalue weighted by Crippen LogP contribution is -1.76. The molecule has 2 heteroatoms. The molecule has 0 aliphatic rings. The van der Waals surface area contributed by atoms with Gasteiger partial charge in [0.1, 0.15) is 0 Å². The van der Waals surface area contributed by atoms with Crippen LogP contribution in [0.4, 0.5) is 0 Å². The van der Waals surface area contributed by atoms with Gasteiger partial charge in [-0.1, -0.05) is 42.8 Å². The molecule has 0 amide bonds. The van der Waals surface area contributed by atoms with Crippen molar-refractivity contribution < 1.29 is 0 Å². The minimum Gasteiger partial charge on any atom is -0.193 e. The molecule has 0 aliphatic heterocycles. The fourth-order valence-corrected chi connectivity index (χ4v) is 1.91. The zero-order valence-corrected chi connectivity index (χ0v) is 9.97. The first-order valence-corrected chi connectivity index (χ1v) is 5.96. The Morgan fingerprint density at radius 2 is 2.07 bits per heavy atom. The summed E-state index contributed by atoms with van der Waals surface area (Å²) in [5.74, 6) is 0. The average Bonchev–Trinajstić information content (AvgIpc) is 2.26. The van der Waals surface area contributed by atoms with E-state index >= 15 is 0 Å². The Morgan fingerprint density at radius 3 is 2.60 bits per heavy atom. The van der Waals surface area contributed by atoms with Crippen LogP contribution in [0.15, 0.2) is 40.1 Å². The summed E-state index contributed by atoms with van der Waals surface area (Å²) in [5, 5.41) is 10.8. The van der Waals surface area contributed by atoms with Crippen LogP contribution in [0.3, 0.4) is 0 Å². The summed E-state index contributed by atoms with van der Waals surface area (Å²) in [6.07, 6.45) is 1.89. The summed E-state index contributed by atoms with van der Waals surface area (Å²) in [7, 11) is 0. The second-order valence-corrected chi connectivity index (χ2v) is 4.38. The summed E-state index contributed by atoms with van der Waals surface area (Å²) in [4.78, 5) is 1.18. The van der Waals surface area contributed by atoms with E-state index in [1.165, 1.54) is 10.5 Å². The molecule has 78 valence electrons. The van der Waals surface area contributed by atoms with Gasteiger partial charge in [0, 0.05) is 10.5 Å². The van der Waals surface area contributed by atoms with E-state index in [2.05, 4.69) is 44.2 Å². The van der Waals surface area contributed by atoms with E-state index in [0.29, 0.717) is 0 Å². The summed E-state index contributed by atoms with van der Waals surface area (Å²) in [6, 6.07) is 10.6. The van der Waals surface area contributed by atoms with Crippen LogP contribution in [0.5, 0.6) is 0 Å². The Kier molecular flexibility index (Phi) is 5.00. The fraction of sp³-hybridized carbons (Fsp3) is 0.308. The largest absolute Gasteiger partial charge is 0.193 e. The highest BCUT2D eigenvalue weighted by molar-refractivity contribution is 8.02. The number of rotatable bonds is 4. The lowest BCUT2D eigenvalue weighted by molar-refractivity contribution is 0.931. The van der Waals surface area contributed by atoms with Gasteiger partial charge in [-0.25, -0.2) is 0 Å². The van der Waals surface area contributed by atoms with Gasteiger partial charge in [-0.05, 0) is 30.9 Å². The third-order valence-corrected chi connectivity index (χ3v) is 2.97. The van der Waals surface area contributed by atoms with Crippen LogP contribution in [-0.4, -0.2) is 0 Å². The van der Waals surface area contributed by atoms with Crippen LogP contribution in [0.1, 0.15) is 25.3 Å². The van der Waals surface area contributed by atoms with Crippen molar-refractivity contribution in [2.75, 3.05) is 0 Å². The van der Waals surface area contributed by atoms with Crippen LogP contribution < -0.4 is 0 Å². The topological polar surface area (TPSA) is 23.8 Å². The molecule has 1 aromatic rings. The molecule has 1 aromatic carbocycles. The number of hydrogen-bond donors (Lipinski definition) is 0. The van der Waals surface area contributed by atoms with E-state index in [9.17, 15) is 0 Å². The summed E-state index contributed by atoms with van der Waals surface area (Å²) in [5.41, 5.74) is 2.13. The highest BCUT2D eigenvalue weighted by Gasteiger charge is 1.95. The molecule has 0 unspecified atom stereocenters. The van der Waals surface area contributed by atoms with Crippen molar-refractivity contribution in [2.24, 2.45) is 0 Å². The van der Waals surface area contributed by atoms with Crippen LogP contribution >= 0.6 is 11.8 Å². The van der Waals surface area contributed by atoms with E-state index in [1.54, 1.807) is 11.8 Å². The number of hydrogen-bond acceptors (Lipinski definition) is 2. The normalized spacial score (nSPS) is 11.1. The lowest BCUT2D eigenvalue weighted by atomic mass is 10.2. The van der Waals surface area contributed by atoms with E-state index in [4.69, 9.17) is 5.26 Å². The first-order valence-electron chi connectivity index (χ1n) is 5.08. The van der Waals surface area contributed by atoms with Gasteiger partial charge in [-0.15, -0.1) is 0 Å². The highest BCUT2D eigenvalue weighted by Crippen LogP contribution is 2.22. The predicted molar refractivity (Wildman–Crippen MR) is 65.6 cm³/mol. The maximum absolute atomic E-state index is 8.85. The molecule has 0 radical (unpaired) electrons. The molecule has 0 atom stereocenters. The standard InChI is InChI=1S/C13H15NS/c1-3-4-12(9-14)10-15-13-7-5-11(2)6-8-13/h5-8,10H,3-4H2,1-2H3. The molecular formula is C13H15NS. The first-order chi connectivity index (χ1) is 7.26. The van der Waals surface area contributed by atoms with E-state index in [1.807, 2.05) is 5.41 Å². The van der Waals surface area contributed by atoms with Crippen molar-refractivity contribution in [1.29, 1.82) is 5.26 Å². The third kappa shape index (κ3) is 4.22. The first kappa shape index (κ1) is 11.9. The third-order valence-electron chi connectivity index (χ3n) is 2.02. The smallest absolute Gasteiger partial charge is 0.0952 e. The van der Waals surface area contributed by atoms with Gasteiger partial charge in [0.25, 0.3) is 0 Å². The molecule has 0 spiro atoms. The Balaban J connectivity index is 2.62. The Labute approximate surface area is 95.8 Å². The van der Waals surface area contributed by atoms with Gasteiger partial charge in [-0.2, -0.15) is 5.26 Å². The second-order valence-electron chi connectivity index (χ2n) is 3.44. The monoisotopic (exact) mass is 217 g/mol. The van der Waals surface area contributed by atoms with E-state index < -0.39 is 0 Å².